The zero-order valence-corrected chi connectivity index (χ0v) is 7.29. The maximum Gasteiger partial charge on any atom is 0.207 e. The third-order valence-electron chi connectivity index (χ3n) is 1.22. The molecule has 0 saturated heterocycles. The molecule has 1 unspecified atom stereocenters. The summed E-state index contributed by atoms with van der Waals surface area (Å²) in [6, 6.07) is 0. The Hall–Kier alpha value is -0.610. The van der Waals surface area contributed by atoms with Gasteiger partial charge in [0.05, 0.1) is 5.60 Å². The van der Waals surface area contributed by atoms with Crippen molar-refractivity contribution in [2.24, 2.45) is 0 Å². The standard InChI is InChI=1S/C7H16N2O2/c1-7(11,4-8-6-10)5-9(2)3/h6,11H,4-5H2,1-3H3,(H,8,10). The predicted molar refractivity (Wildman–Crippen MR) is 43.2 cm³/mol. The molecule has 0 fully saturated rings. The SMILES string of the molecule is CN(C)CC(C)(O)CNC=O. The molecule has 0 saturated carbocycles. The molecule has 0 aliphatic carbocycles. The van der Waals surface area contributed by atoms with Crippen molar-refractivity contribution in [1.29, 1.82) is 0 Å². The molecule has 0 spiro atoms. The Balaban J connectivity index is 3.69. The number of amides is 1. The molecule has 0 rings (SSSR count). The van der Waals surface area contributed by atoms with Gasteiger partial charge in [-0.05, 0) is 21.0 Å². The lowest BCUT2D eigenvalue weighted by atomic mass is 10.1. The highest BCUT2D eigenvalue weighted by Crippen LogP contribution is 2.01. The van der Waals surface area contributed by atoms with Gasteiger partial charge in [-0.15, -0.1) is 0 Å². The van der Waals surface area contributed by atoms with Crippen LogP contribution in [0.4, 0.5) is 0 Å². The van der Waals surface area contributed by atoms with E-state index in [0.29, 0.717) is 13.0 Å². The molecule has 1 atom stereocenters. The van der Waals surface area contributed by atoms with Crippen LogP contribution in [0.15, 0.2) is 0 Å². The second-order valence-electron chi connectivity index (χ2n) is 3.23. The smallest absolute Gasteiger partial charge is 0.207 e. The zero-order chi connectivity index (χ0) is 8.91. The fraction of sp³-hybridized carbons (Fsp3) is 0.857. The first kappa shape index (κ1) is 10.4. The molecule has 0 aliphatic rings. The Kier molecular flexibility index (Phi) is 4.07. The normalized spacial score (nSPS) is 16.1. The number of rotatable bonds is 5. The highest BCUT2D eigenvalue weighted by atomic mass is 16.3. The summed E-state index contributed by atoms with van der Waals surface area (Å²) in [5, 5.41) is 12.0. The molecule has 2 N–H and O–H groups in total. The molecule has 0 aliphatic heterocycles. The third kappa shape index (κ3) is 5.82. The van der Waals surface area contributed by atoms with Crippen LogP contribution in [-0.4, -0.2) is 49.2 Å². The number of aliphatic hydroxyl groups is 1. The zero-order valence-electron chi connectivity index (χ0n) is 7.29. The van der Waals surface area contributed by atoms with Crippen molar-refractivity contribution in [3.8, 4) is 0 Å². The fourth-order valence-electron chi connectivity index (χ4n) is 0.999. The van der Waals surface area contributed by atoms with Crippen molar-refractivity contribution in [2.75, 3.05) is 27.2 Å². The summed E-state index contributed by atoms with van der Waals surface area (Å²) in [5.74, 6) is 0. The maximum atomic E-state index is 9.90. The molecule has 0 bridgehead atoms. The largest absolute Gasteiger partial charge is 0.387 e. The first-order chi connectivity index (χ1) is 4.98. The van der Waals surface area contributed by atoms with E-state index in [-0.39, 0.29) is 6.54 Å². The van der Waals surface area contributed by atoms with Crippen LogP contribution in [0.25, 0.3) is 0 Å². The monoisotopic (exact) mass is 160 g/mol. The van der Waals surface area contributed by atoms with Crippen LogP contribution in [0.3, 0.4) is 0 Å². The van der Waals surface area contributed by atoms with Crippen LogP contribution in [-0.2, 0) is 4.79 Å². The average Bonchev–Trinajstić information content (AvgIpc) is 1.81. The summed E-state index contributed by atoms with van der Waals surface area (Å²) in [6.07, 6.45) is 0.587. The van der Waals surface area contributed by atoms with E-state index in [1.807, 2.05) is 19.0 Å². The minimum absolute atomic E-state index is 0.286. The van der Waals surface area contributed by atoms with E-state index in [2.05, 4.69) is 5.32 Å². The van der Waals surface area contributed by atoms with Gasteiger partial charge in [-0.1, -0.05) is 0 Å². The number of nitrogens with one attached hydrogen (secondary N) is 1. The lowest BCUT2D eigenvalue weighted by Gasteiger charge is -2.26. The van der Waals surface area contributed by atoms with Crippen molar-refractivity contribution < 1.29 is 9.90 Å². The van der Waals surface area contributed by atoms with Gasteiger partial charge in [0.15, 0.2) is 0 Å². The van der Waals surface area contributed by atoms with Crippen molar-refractivity contribution in [1.82, 2.24) is 10.2 Å². The van der Waals surface area contributed by atoms with Crippen LogP contribution in [0.1, 0.15) is 6.92 Å². The minimum atomic E-state index is -0.843. The van der Waals surface area contributed by atoms with Crippen LogP contribution < -0.4 is 5.32 Å². The van der Waals surface area contributed by atoms with Gasteiger partial charge in [0.25, 0.3) is 0 Å². The summed E-state index contributed by atoms with van der Waals surface area (Å²) in [7, 11) is 3.74. The number of likely N-dealkylation sites (N-methyl/N-ethyl adjacent to an activating group) is 1. The van der Waals surface area contributed by atoms with E-state index >= 15 is 0 Å². The van der Waals surface area contributed by atoms with Gasteiger partial charge in [0.2, 0.25) is 6.41 Å². The molecular formula is C7H16N2O2. The Morgan fingerprint density at radius 2 is 2.18 bits per heavy atom. The molecule has 0 aromatic carbocycles. The molecular weight excluding hydrogens is 144 g/mol. The maximum absolute atomic E-state index is 9.90. The Bertz CT molecular complexity index is 124. The molecule has 0 aromatic heterocycles. The molecule has 11 heavy (non-hydrogen) atoms. The summed E-state index contributed by atoms with van der Waals surface area (Å²) in [4.78, 5) is 11.8. The van der Waals surface area contributed by atoms with Gasteiger partial charge in [0, 0.05) is 13.1 Å². The molecule has 0 heterocycles. The van der Waals surface area contributed by atoms with Crippen LogP contribution in [0.2, 0.25) is 0 Å². The Morgan fingerprint density at radius 3 is 2.55 bits per heavy atom. The van der Waals surface area contributed by atoms with E-state index in [1.54, 1.807) is 6.92 Å². The molecule has 0 radical (unpaired) electrons. The van der Waals surface area contributed by atoms with E-state index in [9.17, 15) is 9.90 Å². The molecule has 0 aromatic rings. The highest BCUT2D eigenvalue weighted by molar-refractivity contribution is 5.46. The van der Waals surface area contributed by atoms with Crippen LogP contribution in [0, 0.1) is 0 Å². The first-order valence-corrected chi connectivity index (χ1v) is 3.52. The minimum Gasteiger partial charge on any atom is -0.387 e. The summed E-state index contributed by atoms with van der Waals surface area (Å²) < 4.78 is 0. The van der Waals surface area contributed by atoms with Gasteiger partial charge >= 0.3 is 0 Å². The average molecular weight is 160 g/mol. The summed E-state index contributed by atoms with van der Waals surface area (Å²) >= 11 is 0. The first-order valence-electron chi connectivity index (χ1n) is 3.52. The molecule has 4 nitrogen and oxygen atoms in total. The van der Waals surface area contributed by atoms with Crippen LogP contribution in [0.5, 0.6) is 0 Å². The summed E-state index contributed by atoms with van der Waals surface area (Å²) in [6.45, 7) is 2.51. The van der Waals surface area contributed by atoms with Gasteiger partial charge in [0.1, 0.15) is 0 Å². The van der Waals surface area contributed by atoms with Crippen molar-refractivity contribution >= 4 is 6.41 Å². The predicted octanol–water partition coefficient (Wildman–Crippen LogP) is -0.955. The van der Waals surface area contributed by atoms with Gasteiger partial charge in [-0.25, -0.2) is 0 Å². The number of carbonyl (C=O) groups excluding carboxylic acids is 1. The number of hydrogen-bond acceptors (Lipinski definition) is 3. The van der Waals surface area contributed by atoms with E-state index < -0.39 is 5.60 Å². The Labute approximate surface area is 67.2 Å². The van der Waals surface area contributed by atoms with Crippen molar-refractivity contribution in [2.45, 2.75) is 12.5 Å². The van der Waals surface area contributed by atoms with Gasteiger partial charge in [-0.3, -0.25) is 4.79 Å². The van der Waals surface area contributed by atoms with Crippen molar-refractivity contribution in [3.05, 3.63) is 0 Å². The second kappa shape index (κ2) is 4.31. The second-order valence-corrected chi connectivity index (χ2v) is 3.23. The molecule has 1 amide bonds. The number of hydrogen-bond donors (Lipinski definition) is 2. The van der Waals surface area contributed by atoms with Gasteiger partial charge < -0.3 is 15.3 Å². The lowest BCUT2D eigenvalue weighted by molar-refractivity contribution is -0.110. The van der Waals surface area contributed by atoms with Crippen LogP contribution >= 0.6 is 0 Å². The number of nitrogens with zero attached hydrogens (tertiary/aromatic N) is 1. The molecule has 4 heteroatoms. The Morgan fingerprint density at radius 1 is 1.64 bits per heavy atom. The van der Waals surface area contributed by atoms with E-state index in [4.69, 9.17) is 0 Å². The highest BCUT2D eigenvalue weighted by Gasteiger charge is 2.20. The third-order valence-corrected chi connectivity index (χ3v) is 1.22. The number of carbonyl (C=O) groups is 1. The lowest BCUT2D eigenvalue weighted by Crippen LogP contribution is -2.45. The van der Waals surface area contributed by atoms with E-state index in [1.165, 1.54) is 0 Å². The summed E-state index contributed by atoms with van der Waals surface area (Å²) in [5.41, 5.74) is -0.843. The van der Waals surface area contributed by atoms with E-state index in [0.717, 1.165) is 0 Å². The van der Waals surface area contributed by atoms with Crippen molar-refractivity contribution in [3.63, 3.8) is 0 Å². The topological polar surface area (TPSA) is 52.6 Å². The molecule has 66 valence electrons. The fourth-order valence-corrected chi connectivity index (χ4v) is 0.999. The quantitative estimate of drug-likeness (QED) is 0.510. The van der Waals surface area contributed by atoms with Gasteiger partial charge in [-0.2, -0.15) is 0 Å².